The molecule has 1 aromatic heterocycles. The largest absolute Gasteiger partial charge is 0.354 e. The molecule has 0 bridgehead atoms. The number of rotatable bonds is 5. The standard InChI is InChI=1S/C15H19FN4/c1-4-17-15-18-9-13(16)14(20-15)19-12-7-5-11(6-8-12)10(2)3/h5-10H,4H2,1-3H3,(H2,17,18,19,20). The SMILES string of the molecule is CCNc1ncc(F)c(Nc2ccc(C(C)C)cc2)n1. The summed E-state index contributed by atoms with van der Waals surface area (Å²) in [7, 11) is 0. The second-order valence-corrected chi connectivity index (χ2v) is 4.82. The molecule has 5 heteroatoms. The Labute approximate surface area is 118 Å². The van der Waals surface area contributed by atoms with Crippen molar-refractivity contribution in [1.82, 2.24) is 9.97 Å². The molecule has 2 rings (SSSR count). The molecule has 0 atom stereocenters. The van der Waals surface area contributed by atoms with Gasteiger partial charge in [0.2, 0.25) is 5.95 Å². The monoisotopic (exact) mass is 274 g/mol. The first-order valence-electron chi connectivity index (χ1n) is 6.73. The van der Waals surface area contributed by atoms with Gasteiger partial charge in [-0.15, -0.1) is 0 Å². The van der Waals surface area contributed by atoms with Crippen molar-refractivity contribution in [3.05, 3.63) is 41.8 Å². The molecule has 0 aliphatic rings. The highest BCUT2D eigenvalue weighted by Crippen LogP contribution is 2.21. The quantitative estimate of drug-likeness (QED) is 0.867. The molecular formula is C15H19FN4. The molecule has 20 heavy (non-hydrogen) atoms. The molecule has 2 aromatic rings. The van der Waals surface area contributed by atoms with Crippen molar-refractivity contribution in [2.24, 2.45) is 0 Å². The third kappa shape index (κ3) is 3.44. The summed E-state index contributed by atoms with van der Waals surface area (Å²) in [5.74, 6) is 0.586. The zero-order chi connectivity index (χ0) is 14.5. The number of hydrogen-bond donors (Lipinski definition) is 2. The fourth-order valence-electron chi connectivity index (χ4n) is 1.79. The van der Waals surface area contributed by atoms with Crippen LogP contribution in [0, 0.1) is 5.82 Å². The van der Waals surface area contributed by atoms with Gasteiger partial charge in [0.15, 0.2) is 11.6 Å². The van der Waals surface area contributed by atoms with Gasteiger partial charge in [0, 0.05) is 12.2 Å². The molecule has 0 amide bonds. The van der Waals surface area contributed by atoms with Crippen LogP contribution in [0.15, 0.2) is 30.5 Å². The topological polar surface area (TPSA) is 49.8 Å². The van der Waals surface area contributed by atoms with Gasteiger partial charge >= 0.3 is 0 Å². The van der Waals surface area contributed by atoms with E-state index in [0.29, 0.717) is 18.4 Å². The third-order valence-corrected chi connectivity index (χ3v) is 2.92. The summed E-state index contributed by atoms with van der Waals surface area (Å²) in [6.45, 7) is 6.89. The number of aromatic nitrogens is 2. The first-order chi connectivity index (χ1) is 9.60. The molecule has 0 aliphatic heterocycles. The van der Waals surface area contributed by atoms with Crippen LogP contribution >= 0.6 is 0 Å². The van der Waals surface area contributed by atoms with E-state index in [0.717, 1.165) is 11.9 Å². The summed E-state index contributed by atoms with van der Waals surface area (Å²) in [5, 5.41) is 5.93. The number of benzene rings is 1. The summed E-state index contributed by atoms with van der Waals surface area (Å²) >= 11 is 0. The Morgan fingerprint density at radius 3 is 2.50 bits per heavy atom. The zero-order valence-corrected chi connectivity index (χ0v) is 11.9. The van der Waals surface area contributed by atoms with E-state index in [4.69, 9.17) is 0 Å². The summed E-state index contributed by atoms with van der Waals surface area (Å²) < 4.78 is 13.7. The Balaban J connectivity index is 2.18. The molecule has 1 aromatic carbocycles. The van der Waals surface area contributed by atoms with Gasteiger partial charge in [-0.25, -0.2) is 9.37 Å². The van der Waals surface area contributed by atoms with E-state index in [9.17, 15) is 4.39 Å². The molecule has 1 heterocycles. The van der Waals surface area contributed by atoms with Crippen molar-refractivity contribution in [2.45, 2.75) is 26.7 Å². The fourth-order valence-corrected chi connectivity index (χ4v) is 1.79. The highest BCUT2D eigenvalue weighted by atomic mass is 19.1. The summed E-state index contributed by atoms with van der Waals surface area (Å²) in [5.41, 5.74) is 2.04. The average Bonchev–Trinajstić information content (AvgIpc) is 2.43. The second kappa shape index (κ2) is 6.32. The highest BCUT2D eigenvalue weighted by molar-refractivity contribution is 5.57. The molecule has 2 N–H and O–H groups in total. The van der Waals surface area contributed by atoms with Gasteiger partial charge in [0.25, 0.3) is 0 Å². The van der Waals surface area contributed by atoms with Crippen LogP contribution in [0.2, 0.25) is 0 Å². The Morgan fingerprint density at radius 2 is 1.90 bits per heavy atom. The van der Waals surface area contributed by atoms with Crippen LogP contribution in [-0.2, 0) is 0 Å². The van der Waals surface area contributed by atoms with Crippen LogP contribution < -0.4 is 10.6 Å². The lowest BCUT2D eigenvalue weighted by molar-refractivity contribution is 0.619. The Hall–Kier alpha value is -2.17. The van der Waals surface area contributed by atoms with Crippen LogP contribution in [0.25, 0.3) is 0 Å². The van der Waals surface area contributed by atoms with Crippen LogP contribution in [0.3, 0.4) is 0 Å². The predicted octanol–water partition coefficient (Wildman–Crippen LogP) is 3.91. The van der Waals surface area contributed by atoms with E-state index in [1.807, 2.05) is 31.2 Å². The van der Waals surface area contributed by atoms with E-state index >= 15 is 0 Å². The fraction of sp³-hybridized carbons (Fsp3) is 0.333. The summed E-state index contributed by atoms with van der Waals surface area (Å²) in [4.78, 5) is 7.98. The van der Waals surface area contributed by atoms with Crippen molar-refractivity contribution in [3.8, 4) is 0 Å². The number of nitrogens with zero attached hydrogens (tertiary/aromatic N) is 2. The summed E-state index contributed by atoms with van der Waals surface area (Å²) in [6, 6.07) is 7.89. The van der Waals surface area contributed by atoms with Crippen molar-refractivity contribution in [3.63, 3.8) is 0 Å². The average molecular weight is 274 g/mol. The maximum atomic E-state index is 13.7. The van der Waals surface area contributed by atoms with Gasteiger partial charge < -0.3 is 10.6 Å². The van der Waals surface area contributed by atoms with Crippen LogP contribution in [0.4, 0.5) is 21.8 Å². The molecule has 0 fully saturated rings. The van der Waals surface area contributed by atoms with Crippen molar-refractivity contribution < 1.29 is 4.39 Å². The van der Waals surface area contributed by atoms with Gasteiger partial charge in [0.05, 0.1) is 6.20 Å². The number of nitrogens with one attached hydrogen (secondary N) is 2. The predicted molar refractivity (Wildman–Crippen MR) is 80.0 cm³/mol. The smallest absolute Gasteiger partial charge is 0.224 e. The summed E-state index contributed by atoms with van der Waals surface area (Å²) in [6.07, 6.45) is 1.16. The minimum Gasteiger partial charge on any atom is -0.354 e. The normalized spacial score (nSPS) is 10.7. The minimum atomic E-state index is -0.473. The van der Waals surface area contributed by atoms with E-state index < -0.39 is 5.82 Å². The maximum Gasteiger partial charge on any atom is 0.224 e. The maximum absolute atomic E-state index is 13.7. The molecule has 0 radical (unpaired) electrons. The van der Waals surface area contributed by atoms with E-state index in [1.54, 1.807) is 0 Å². The molecule has 0 saturated heterocycles. The first-order valence-corrected chi connectivity index (χ1v) is 6.73. The van der Waals surface area contributed by atoms with Crippen molar-refractivity contribution in [1.29, 1.82) is 0 Å². The first kappa shape index (κ1) is 14.2. The zero-order valence-electron chi connectivity index (χ0n) is 11.9. The minimum absolute atomic E-state index is 0.174. The lowest BCUT2D eigenvalue weighted by Gasteiger charge is -2.10. The Kier molecular flexibility index (Phi) is 4.50. The Morgan fingerprint density at radius 1 is 1.20 bits per heavy atom. The van der Waals surface area contributed by atoms with Gasteiger partial charge in [-0.3, -0.25) is 0 Å². The molecule has 106 valence electrons. The molecule has 0 unspecified atom stereocenters. The Bertz CT molecular complexity index is 567. The van der Waals surface area contributed by atoms with E-state index in [-0.39, 0.29) is 5.82 Å². The highest BCUT2D eigenvalue weighted by Gasteiger charge is 2.07. The number of halogens is 1. The van der Waals surface area contributed by atoms with Gasteiger partial charge in [-0.05, 0) is 30.5 Å². The van der Waals surface area contributed by atoms with E-state index in [2.05, 4.69) is 34.4 Å². The molecule has 4 nitrogen and oxygen atoms in total. The van der Waals surface area contributed by atoms with Gasteiger partial charge in [-0.2, -0.15) is 4.98 Å². The van der Waals surface area contributed by atoms with Crippen LogP contribution in [0.5, 0.6) is 0 Å². The molecule has 0 aliphatic carbocycles. The van der Waals surface area contributed by atoms with Gasteiger partial charge in [-0.1, -0.05) is 26.0 Å². The lowest BCUT2D eigenvalue weighted by Crippen LogP contribution is -2.05. The third-order valence-electron chi connectivity index (χ3n) is 2.92. The molecular weight excluding hydrogens is 255 g/mol. The van der Waals surface area contributed by atoms with Crippen molar-refractivity contribution >= 4 is 17.5 Å². The van der Waals surface area contributed by atoms with Crippen molar-refractivity contribution in [2.75, 3.05) is 17.2 Å². The van der Waals surface area contributed by atoms with Crippen LogP contribution in [0.1, 0.15) is 32.3 Å². The second-order valence-electron chi connectivity index (χ2n) is 4.82. The number of hydrogen-bond acceptors (Lipinski definition) is 4. The van der Waals surface area contributed by atoms with Gasteiger partial charge in [0.1, 0.15) is 0 Å². The molecule has 0 saturated carbocycles. The van der Waals surface area contributed by atoms with E-state index in [1.165, 1.54) is 5.56 Å². The lowest BCUT2D eigenvalue weighted by atomic mass is 10.0. The molecule has 0 spiro atoms. The van der Waals surface area contributed by atoms with Crippen LogP contribution in [-0.4, -0.2) is 16.5 Å². The number of anilines is 3.